The first-order chi connectivity index (χ1) is 10.6. The molecule has 1 amide bonds. The van der Waals surface area contributed by atoms with Gasteiger partial charge in [0.15, 0.2) is 0 Å². The predicted molar refractivity (Wildman–Crippen MR) is 86.6 cm³/mol. The molecule has 0 aliphatic carbocycles. The average molecular weight is 321 g/mol. The van der Waals surface area contributed by atoms with E-state index in [9.17, 15) is 9.18 Å². The van der Waals surface area contributed by atoms with Crippen LogP contribution in [0, 0.1) is 5.82 Å². The Hall–Kier alpha value is -1.82. The normalized spacial score (nSPS) is 10.9. The van der Waals surface area contributed by atoms with E-state index in [2.05, 4.69) is 29.4 Å². The second kappa shape index (κ2) is 7.98. The number of carbonyl (C=O) groups excluding carboxylic acids is 1. The fraction of sp³-hybridized carbons (Fsp3) is 0.438. The van der Waals surface area contributed by atoms with Gasteiger partial charge in [-0.05, 0) is 30.9 Å². The number of aryl methyl sites for hydroxylation is 1. The van der Waals surface area contributed by atoms with Crippen LogP contribution in [-0.4, -0.2) is 16.1 Å². The Kier molecular flexibility index (Phi) is 6.00. The Morgan fingerprint density at radius 1 is 1.27 bits per heavy atom. The Balaban J connectivity index is 1.88. The fourth-order valence-electron chi connectivity index (χ4n) is 2.22. The van der Waals surface area contributed by atoms with Gasteiger partial charge in [-0.25, -0.2) is 4.39 Å². The van der Waals surface area contributed by atoms with E-state index < -0.39 is 0 Å². The number of halogens is 1. The molecule has 6 heteroatoms. The fourth-order valence-corrected chi connectivity index (χ4v) is 3.25. The molecule has 2 aromatic rings. The Morgan fingerprint density at radius 3 is 2.68 bits per heavy atom. The summed E-state index contributed by atoms with van der Waals surface area (Å²) in [4.78, 5) is 11.9. The van der Waals surface area contributed by atoms with Gasteiger partial charge in [-0.1, -0.05) is 43.4 Å². The minimum atomic E-state index is -0.276. The van der Waals surface area contributed by atoms with Gasteiger partial charge in [-0.2, -0.15) is 0 Å². The molecule has 1 heterocycles. The lowest BCUT2D eigenvalue weighted by atomic mass is 10.1. The zero-order valence-corrected chi connectivity index (χ0v) is 13.6. The minimum Gasteiger partial charge on any atom is -0.301 e. The predicted octanol–water partition coefficient (Wildman–Crippen LogP) is 4.15. The number of anilines is 1. The molecule has 0 aliphatic heterocycles. The van der Waals surface area contributed by atoms with E-state index in [1.54, 1.807) is 18.2 Å². The highest BCUT2D eigenvalue weighted by Crippen LogP contribution is 2.28. The van der Waals surface area contributed by atoms with Crippen molar-refractivity contribution in [3.05, 3.63) is 40.7 Å². The molecule has 0 bridgehead atoms. The highest BCUT2D eigenvalue weighted by atomic mass is 32.1. The zero-order valence-electron chi connectivity index (χ0n) is 12.8. The first-order valence-corrected chi connectivity index (χ1v) is 8.32. The van der Waals surface area contributed by atoms with Crippen molar-refractivity contribution in [3.8, 4) is 0 Å². The van der Waals surface area contributed by atoms with Crippen LogP contribution >= 0.6 is 11.3 Å². The lowest BCUT2D eigenvalue weighted by Gasteiger charge is -2.06. The largest absolute Gasteiger partial charge is 0.301 e. The van der Waals surface area contributed by atoms with Crippen molar-refractivity contribution in [2.75, 3.05) is 5.32 Å². The quantitative estimate of drug-likeness (QED) is 0.833. The van der Waals surface area contributed by atoms with E-state index in [0.29, 0.717) is 23.0 Å². The molecular formula is C16H20FN3OS. The van der Waals surface area contributed by atoms with Crippen LogP contribution in [0.5, 0.6) is 0 Å². The smallest absolute Gasteiger partial charge is 0.226 e. The van der Waals surface area contributed by atoms with Gasteiger partial charge in [0, 0.05) is 12.3 Å². The summed E-state index contributed by atoms with van der Waals surface area (Å²) >= 11 is 1.42. The van der Waals surface area contributed by atoms with Crippen molar-refractivity contribution in [3.63, 3.8) is 0 Å². The average Bonchev–Trinajstić information content (AvgIpc) is 2.96. The molecule has 0 radical (unpaired) electrons. The molecule has 1 N–H and O–H groups in total. The van der Waals surface area contributed by atoms with Crippen LogP contribution in [0.4, 0.5) is 9.52 Å². The third-order valence-electron chi connectivity index (χ3n) is 3.60. The number of carbonyl (C=O) groups is 1. The van der Waals surface area contributed by atoms with Gasteiger partial charge in [-0.15, -0.1) is 10.2 Å². The summed E-state index contributed by atoms with van der Waals surface area (Å²) < 4.78 is 13.5. The molecule has 1 aromatic carbocycles. The first-order valence-electron chi connectivity index (χ1n) is 7.50. The SMILES string of the molecule is CCC(CC)c1nnc(NC(=O)CCc2ccccc2F)s1. The second-order valence-electron chi connectivity index (χ2n) is 5.10. The van der Waals surface area contributed by atoms with Crippen molar-refractivity contribution < 1.29 is 9.18 Å². The van der Waals surface area contributed by atoms with Crippen molar-refractivity contribution in [1.29, 1.82) is 0 Å². The third kappa shape index (κ3) is 4.34. The van der Waals surface area contributed by atoms with Gasteiger partial charge in [0.25, 0.3) is 0 Å². The summed E-state index contributed by atoms with van der Waals surface area (Å²) in [5, 5.41) is 12.4. The molecule has 2 rings (SSSR count). The topological polar surface area (TPSA) is 54.9 Å². The first kappa shape index (κ1) is 16.5. The zero-order chi connectivity index (χ0) is 15.9. The number of nitrogens with zero attached hydrogens (tertiary/aromatic N) is 2. The van der Waals surface area contributed by atoms with E-state index in [-0.39, 0.29) is 18.1 Å². The van der Waals surface area contributed by atoms with E-state index in [0.717, 1.165) is 17.8 Å². The van der Waals surface area contributed by atoms with Crippen LogP contribution in [0.25, 0.3) is 0 Å². The van der Waals surface area contributed by atoms with Gasteiger partial charge in [0.1, 0.15) is 10.8 Å². The molecule has 0 fully saturated rings. The number of rotatable bonds is 7. The molecule has 0 unspecified atom stereocenters. The van der Waals surface area contributed by atoms with Gasteiger partial charge < -0.3 is 5.32 Å². The van der Waals surface area contributed by atoms with E-state index in [4.69, 9.17) is 0 Å². The molecule has 118 valence electrons. The highest BCUT2D eigenvalue weighted by Gasteiger charge is 2.14. The highest BCUT2D eigenvalue weighted by molar-refractivity contribution is 7.15. The van der Waals surface area contributed by atoms with Gasteiger partial charge in [0.05, 0.1) is 0 Å². The number of benzene rings is 1. The molecule has 0 saturated carbocycles. The van der Waals surface area contributed by atoms with Crippen LogP contribution in [0.3, 0.4) is 0 Å². The maximum atomic E-state index is 13.5. The van der Waals surface area contributed by atoms with Gasteiger partial charge >= 0.3 is 0 Å². The van der Waals surface area contributed by atoms with E-state index in [1.807, 2.05) is 0 Å². The Labute approximate surface area is 133 Å². The third-order valence-corrected chi connectivity index (χ3v) is 4.60. The maximum Gasteiger partial charge on any atom is 0.226 e. The molecule has 1 aromatic heterocycles. The lowest BCUT2D eigenvalue weighted by Crippen LogP contribution is -2.12. The van der Waals surface area contributed by atoms with E-state index >= 15 is 0 Å². The van der Waals surface area contributed by atoms with Gasteiger partial charge in [0.2, 0.25) is 11.0 Å². The number of amides is 1. The van der Waals surface area contributed by atoms with Crippen molar-refractivity contribution in [1.82, 2.24) is 10.2 Å². The summed E-state index contributed by atoms with van der Waals surface area (Å²) in [5.74, 6) is -0.0562. The Morgan fingerprint density at radius 2 is 2.00 bits per heavy atom. The lowest BCUT2D eigenvalue weighted by molar-refractivity contribution is -0.116. The molecule has 22 heavy (non-hydrogen) atoms. The summed E-state index contributed by atoms with van der Waals surface area (Å²) in [6.45, 7) is 4.23. The molecule has 4 nitrogen and oxygen atoms in total. The number of aromatic nitrogens is 2. The monoisotopic (exact) mass is 321 g/mol. The van der Waals surface area contributed by atoms with Crippen LogP contribution in [0.15, 0.2) is 24.3 Å². The minimum absolute atomic E-state index is 0.171. The van der Waals surface area contributed by atoms with Gasteiger partial charge in [-0.3, -0.25) is 4.79 Å². The van der Waals surface area contributed by atoms with Crippen LogP contribution in [0.1, 0.15) is 49.6 Å². The molecule has 0 atom stereocenters. The van der Waals surface area contributed by atoms with Crippen molar-refractivity contribution in [2.45, 2.75) is 45.4 Å². The molecular weight excluding hydrogens is 301 g/mol. The summed E-state index contributed by atoms with van der Waals surface area (Å²) in [5.41, 5.74) is 0.549. The maximum absolute atomic E-state index is 13.5. The molecule has 0 saturated heterocycles. The second-order valence-corrected chi connectivity index (χ2v) is 6.11. The summed E-state index contributed by atoms with van der Waals surface area (Å²) in [7, 11) is 0. The molecule has 0 aliphatic rings. The Bertz CT molecular complexity index is 625. The van der Waals surface area contributed by atoms with E-state index in [1.165, 1.54) is 17.4 Å². The number of hydrogen-bond donors (Lipinski definition) is 1. The number of nitrogens with one attached hydrogen (secondary N) is 1. The van der Waals surface area contributed by atoms with Crippen molar-refractivity contribution >= 4 is 22.4 Å². The number of hydrogen-bond acceptors (Lipinski definition) is 4. The van der Waals surface area contributed by atoms with Crippen LogP contribution in [0.2, 0.25) is 0 Å². The van der Waals surface area contributed by atoms with Crippen molar-refractivity contribution in [2.24, 2.45) is 0 Å². The van der Waals surface area contributed by atoms with Crippen LogP contribution < -0.4 is 5.32 Å². The standard InChI is InChI=1S/C16H20FN3OS/c1-3-11(4-2)15-19-20-16(22-15)18-14(21)10-9-12-7-5-6-8-13(12)17/h5-8,11H,3-4,9-10H2,1-2H3,(H,18,20,21). The molecule has 0 spiro atoms. The summed E-state index contributed by atoms with van der Waals surface area (Å²) in [6, 6.07) is 6.50. The van der Waals surface area contributed by atoms with Crippen LogP contribution in [-0.2, 0) is 11.2 Å². The summed E-state index contributed by atoms with van der Waals surface area (Å²) in [6.07, 6.45) is 2.61.